The zero-order valence-electron chi connectivity index (χ0n) is 14.3. The minimum atomic E-state index is 1.09. The predicted molar refractivity (Wildman–Crippen MR) is 95.6 cm³/mol. The van der Waals surface area contributed by atoms with E-state index in [0.29, 0.717) is 0 Å². The first-order valence-corrected chi connectivity index (χ1v) is 7.84. The Labute approximate surface area is 133 Å². The third-order valence-electron chi connectivity index (χ3n) is 4.79. The van der Waals surface area contributed by atoms with Gasteiger partial charge >= 0.3 is 0 Å². The second-order valence-electron chi connectivity index (χ2n) is 6.48. The molecule has 0 spiro atoms. The van der Waals surface area contributed by atoms with Crippen LogP contribution in [0.25, 0.3) is 22.2 Å². The molecule has 0 fully saturated rings. The summed E-state index contributed by atoms with van der Waals surface area (Å²) in [6.45, 7) is 13.0. The number of nitrogens with zero attached hydrogens (tertiary/aromatic N) is 1. The van der Waals surface area contributed by atoms with Crippen LogP contribution >= 0.6 is 0 Å². The molecule has 0 N–H and O–H groups in total. The van der Waals surface area contributed by atoms with Crippen LogP contribution in [0.1, 0.15) is 33.4 Å². The third kappa shape index (κ3) is 2.31. The predicted octanol–water partition coefficient (Wildman–Crippen LogP) is 5.75. The van der Waals surface area contributed by atoms with E-state index in [0.717, 1.165) is 11.2 Å². The van der Waals surface area contributed by atoms with Gasteiger partial charge in [0.05, 0.1) is 11.2 Å². The SMILES string of the molecule is Cc1cc(C)c2cc(C)c(-c3ccc(C)c(C)c3C)nc2c1. The minimum absolute atomic E-state index is 1.09. The van der Waals surface area contributed by atoms with Gasteiger partial charge in [0.1, 0.15) is 0 Å². The smallest absolute Gasteiger partial charge is 0.0741 e. The van der Waals surface area contributed by atoms with Crippen molar-refractivity contribution >= 4 is 10.9 Å². The summed E-state index contributed by atoms with van der Waals surface area (Å²) in [5, 5.41) is 1.26. The Morgan fingerprint density at radius 1 is 0.682 bits per heavy atom. The fourth-order valence-corrected chi connectivity index (χ4v) is 3.22. The number of benzene rings is 2. The maximum atomic E-state index is 5.00. The van der Waals surface area contributed by atoms with Crippen molar-refractivity contribution in [3.8, 4) is 11.3 Å². The summed E-state index contributed by atoms with van der Waals surface area (Å²) in [6.07, 6.45) is 0. The Bertz CT molecular complexity index is 888. The third-order valence-corrected chi connectivity index (χ3v) is 4.79. The number of aryl methyl sites for hydroxylation is 4. The molecule has 0 atom stereocenters. The van der Waals surface area contributed by atoms with Gasteiger partial charge in [-0.3, -0.25) is 0 Å². The van der Waals surface area contributed by atoms with Crippen molar-refractivity contribution in [1.82, 2.24) is 4.98 Å². The van der Waals surface area contributed by atoms with Crippen LogP contribution in [0.3, 0.4) is 0 Å². The quantitative estimate of drug-likeness (QED) is 0.555. The van der Waals surface area contributed by atoms with Crippen LogP contribution in [0.15, 0.2) is 30.3 Å². The van der Waals surface area contributed by atoms with Crippen LogP contribution in [0.2, 0.25) is 0 Å². The number of hydrogen-bond donors (Lipinski definition) is 0. The topological polar surface area (TPSA) is 12.9 Å². The lowest BCUT2D eigenvalue weighted by molar-refractivity contribution is 1.24. The molecule has 0 saturated carbocycles. The van der Waals surface area contributed by atoms with Crippen LogP contribution in [0, 0.1) is 41.5 Å². The number of hydrogen-bond acceptors (Lipinski definition) is 1. The molecule has 0 saturated heterocycles. The summed E-state index contributed by atoms with van der Waals surface area (Å²) in [5.41, 5.74) is 11.3. The fourth-order valence-electron chi connectivity index (χ4n) is 3.22. The van der Waals surface area contributed by atoms with Gasteiger partial charge in [-0.05, 0) is 87.1 Å². The molecule has 1 heteroatoms. The first kappa shape index (κ1) is 14.8. The highest BCUT2D eigenvalue weighted by atomic mass is 14.7. The molecule has 1 aromatic heterocycles. The van der Waals surface area contributed by atoms with Crippen LogP contribution < -0.4 is 0 Å². The second kappa shape index (κ2) is 5.24. The van der Waals surface area contributed by atoms with E-state index in [9.17, 15) is 0 Å². The molecule has 1 heterocycles. The van der Waals surface area contributed by atoms with Gasteiger partial charge in [-0.1, -0.05) is 18.2 Å². The standard InChI is InChI=1S/C21H23N/c1-12-9-14(3)19-11-15(4)21(22-20(19)10-12)18-8-7-13(2)16(5)17(18)6/h7-11H,1-6H3. The number of aromatic nitrogens is 1. The highest BCUT2D eigenvalue weighted by molar-refractivity contribution is 5.87. The maximum absolute atomic E-state index is 5.00. The molecule has 0 unspecified atom stereocenters. The zero-order valence-corrected chi connectivity index (χ0v) is 14.3. The fraction of sp³-hybridized carbons (Fsp3) is 0.286. The molecule has 0 radical (unpaired) electrons. The number of rotatable bonds is 1. The normalized spacial score (nSPS) is 11.2. The Kier molecular flexibility index (Phi) is 3.52. The van der Waals surface area contributed by atoms with Gasteiger partial charge in [-0.15, -0.1) is 0 Å². The van der Waals surface area contributed by atoms with Crippen molar-refractivity contribution in [3.05, 3.63) is 63.7 Å². The molecule has 3 aromatic rings. The lowest BCUT2D eigenvalue weighted by Crippen LogP contribution is -1.96. The van der Waals surface area contributed by atoms with E-state index in [1.807, 2.05) is 0 Å². The summed E-state index contributed by atoms with van der Waals surface area (Å²) >= 11 is 0. The summed E-state index contributed by atoms with van der Waals surface area (Å²) < 4.78 is 0. The summed E-state index contributed by atoms with van der Waals surface area (Å²) in [7, 11) is 0. The molecule has 0 aliphatic rings. The highest BCUT2D eigenvalue weighted by Crippen LogP contribution is 2.31. The molecule has 1 nitrogen and oxygen atoms in total. The molecular formula is C21H23N. The van der Waals surface area contributed by atoms with Crippen molar-refractivity contribution in [2.45, 2.75) is 41.5 Å². The monoisotopic (exact) mass is 289 g/mol. The Balaban J connectivity index is 2.32. The Morgan fingerprint density at radius 2 is 1.41 bits per heavy atom. The summed E-state index contributed by atoms with van der Waals surface area (Å²) in [5.74, 6) is 0. The summed E-state index contributed by atoms with van der Waals surface area (Å²) in [6, 6.07) is 11.1. The van der Waals surface area contributed by atoms with Crippen LogP contribution in [0.5, 0.6) is 0 Å². The average molecular weight is 289 g/mol. The maximum Gasteiger partial charge on any atom is 0.0741 e. The van der Waals surface area contributed by atoms with Gasteiger partial charge < -0.3 is 0 Å². The zero-order chi connectivity index (χ0) is 16.0. The summed E-state index contributed by atoms with van der Waals surface area (Å²) in [4.78, 5) is 5.00. The molecule has 0 bridgehead atoms. The van der Waals surface area contributed by atoms with E-state index in [2.05, 4.69) is 71.9 Å². The Hall–Kier alpha value is -2.15. The molecule has 22 heavy (non-hydrogen) atoms. The van der Waals surface area contributed by atoms with Crippen LogP contribution in [-0.2, 0) is 0 Å². The molecule has 112 valence electrons. The molecule has 3 rings (SSSR count). The van der Waals surface area contributed by atoms with Crippen molar-refractivity contribution in [2.24, 2.45) is 0 Å². The second-order valence-corrected chi connectivity index (χ2v) is 6.48. The van der Waals surface area contributed by atoms with Gasteiger partial charge in [0.25, 0.3) is 0 Å². The first-order valence-electron chi connectivity index (χ1n) is 7.84. The van der Waals surface area contributed by atoms with E-state index in [4.69, 9.17) is 4.98 Å². The lowest BCUT2D eigenvalue weighted by atomic mass is 9.94. The molecular weight excluding hydrogens is 266 g/mol. The van der Waals surface area contributed by atoms with Gasteiger partial charge in [-0.2, -0.15) is 0 Å². The van der Waals surface area contributed by atoms with Crippen molar-refractivity contribution in [1.29, 1.82) is 0 Å². The number of pyridine rings is 1. The largest absolute Gasteiger partial charge is 0.247 e. The van der Waals surface area contributed by atoms with E-state index in [-0.39, 0.29) is 0 Å². The van der Waals surface area contributed by atoms with Crippen molar-refractivity contribution < 1.29 is 0 Å². The van der Waals surface area contributed by atoms with E-state index in [1.54, 1.807) is 0 Å². The van der Waals surface area contributed by atoms with Crippen molar-refractivity contribution in [2.75, 3.05) is 0 Å². The molecule has 0 amide bonds. The van der Waals surface area contributed by atoms with E-state index >= 15 is 0 Å². The highest BCUT2D eigenvalue weighted by Gasteiger charge is 2.12. The molecule has 2 aromatic carbocycles. The molecule has 0 aliphatic heterocycles. The molecule has 0 aliphatic carbocycles. The van der Waals surface area contributed by atoms with Gasteiger partial charge in [0.15, 0.2) is 0 Å². The minimum Gasteiger partial charge on any atom is -0.247 e. The first-order chi connectivity index (χ1) is 10.4. The van der Waals surface area contributed by atoms with Crippen LogP contribution in [-0.4, -0.2) is 4.98 Å². The van der Waals surface area contributed by atoms with Crippen LogP contribution in [0.4, 0.5) is 0 Å². The average Bonchev–Trinajstić information content (AvgIpc) is 2.46. The van der Waals surface area contributed by atoms with Gasteiger partial charge in [-0.25, -0.2) is 4.98 Å². The van der Waals surface area contributed by atoms with Crippen molar-refractivity contribution in [3.63, 3.8) is 0 Å². The number of fused-ring (bicyclic) bond motifs is 1. The van der Waals surface area contributed by atoms with Gasteiger partial charge in [0.2, 0.25) is 0 Å². The van der Waals surface area contributed by atoms with E-state index < -0.39 is 0 Å². The lowest BCUT2D eigenvalue weighted by Gasteiger charge is -2.14. The Morgan fingerprint density at radius 3 is 2.14 bits per heavy atom. The van der Waals surface area contributed by atoms with Gasteiger partial charge in [0, 0.05) is 10.9 Å². The van der Waals surface area contributed by atoms with E-state index in [1.165, 1.54) is 44.3 Å².